The van der Waals surface area contributed by atoms with E-state index in [-0.39, 0.29) is 5.91 Å². The molecule has 1 aromatic carbocycles. The molecule has 0 saturated heterocycles. The Morgan fingerprint density at radius 1 is 1.19 bits per heavy atom. The summed E-state index contributed by atoms with van der Waals surface area (Å²) in [7, 11) is 0. The van der Waals surface area contributed by atoms with Crippen LogP contribution in [0.25, 0.3) is 0 Å². The van der Waals surface area contributed by atoms with E-state index in [1.54, 1.807) is 12.4 Å². The number of hydrogen-bond acceptors (Lipinski definition) is 3. The molecule has 1 aromatic heterocycles. The zero-order chi connectivity index (χ0) is 15.1. The summed E-state index contributed by atoms with van der Waals surface area (Å²) in [4.78, 5) is 16.1. The predicted molar refractivity (Wildman–Crippen MR) is 82.0 cm³/mol. The lowest BCUT2D eigenvalue weighted by molar-refractivity contribution is -0.128. The summed E-state index contributed by atoms with van der Waals surface area (Å²) in [5.41, 5.74) is 2.18. The van der Waals surface area contributed by atoms with Gasteiger partial charge in [0.15, 0.2) is 6.10 Å². The summed E-state index contributed by atoms with van der Waals surface area (Å²) in [6.45, 7) is 4.43. The number of benzene rings is 1. The van der Waals surface area contributed by atoms with Crippen molar-refractivity contribution in [1.29, 1.82) is 0 Å². The van der Waals surface area contributed by atoms with Gasteiger partial charge in [0.1, 0.15) is 5.75 Å². The summed E-state index contributed by atoms with van der Waals surface area (Å²) in [5.74, 6) is 0.612. The Balaban J connectivity index is 1.90. The minimum atomic E-state index is -0.477. The SMILES string of the molecule is CC[C@@H](Oc1ccc(C)cc1)C(=O)NCc1ccncc1. The molecule has 21 heavy (non-hydrogen) atoms. The zero-order valence-corrected chi connectivity index (χ0v) is 12.4. The Bertz CT molecular complexity index is 567. The number of amides is 1. The fraction of sp³-hybridized carbons (Fsp3) is 0.294. The predicted octanol–water partition coefficient (Wildman–Crippen LogP) is 2.86. The van der Waals surface area contributed by atoms with Crippen LogP contribution in [-0.4, -0.2) is 17.0 Å². The van der Waals surface area contributed by atoms with E-state index in [1.807, 2.05) is 50.2 Å². The molecule has 0 fully saturated rings. The van der Waals surface area contributed by atoms with Crippen LogP contribution in [-0.2, 0) is 11.3 Å². The maximum atomic E-state index is 12.2. The number of rotatable bonds is 6. The van der Waals surface area contributed by atoms with Crippen LogP contribution >= 0.6 is 0 Å². The van der Waals surface area contributed by atoms with Crippen LogP contribution in [0.3, 0.4) is 0 Å². The monoisotopic (exact) mass is 284 g/mol. The highest BCUT2D eigenvalue weighted by atomic mass is 16.5. The Morgan fingerprint density at radius 3 is 2.48 bits per heavy atom. The molecule has 1 N–H and O–H groups in total. The fourth-order valence-corrected chi connectivity index (χ4v) is 1.91. The smallest absolute Gasteiger partial charge is 0.261 e. The average Bonchev–Trinajstić information content (AvgIpc) is 2.53. The highest BCUT2D eigenvalue weighted by molar-refractivity contribution is 5.81. The Labute approximate surface area is 125 Å². The number of carbonyl (C=O) groups excluding carboxylic acids is 1. The van der Waals surface area contributed by atoms with Gasteiger partial charge in [-0.25, -0.2) is 0 Å². The van der Waals surface area contributed by atoms with Crippen molar-refractivity contribution in [2.45, 2.75) is 32.9 Å². The van der Waals surface area contributed by atoms with Crippen LogP contribution in [0.4, 0.5) is 0 Å². The lowest BCUT2D eigenvalue weighted by Gasteiger charge is -2.17. The molecule has 1 heterocycles. The number of nitrogens with one attached hydrogen (secondary N) is 1. The first-order valence-electron chi connectivity index (χ1n) is 7.09. The molecule has 4 heteroatoms. The van der Waals surface area contributed by atoms with Gasteiger partial charge in [-0.1, -0.05) is 24.6 Å². The molecule has 0 spiro atoms. The molecule has 0 bridgehead atoms. The van der Waals surface area contributed by atoms with E-state index in [0.29, 0.717) is 18.7 Å². The van der Waals surface area contributed by atoms with Crippen LogP contribution in [0.1, 0.15) is 24.5 Å². The van der Waals surface area contributed by atoms with Gasteiger partial charge in [0.2, 0.25) is 0 Å². The third-order valence-electron chi connectivity index (χ3n) is 3.18. The summed E-state index contributed by atoms with van der Waals surface area (Å²) < 4.78 is 5.74. The summed E-state index contributed by atoms with van der Waals surface area (Å²) >= 11 is 0. The van der Waals surface area contributed by atoms with E-state index in [4.69, 9.17) is 4.74 Å². The van der Waals surface area contributed by atoms with Crippen molar-refractivity contribution >= 4 is 5.91 Å². The Kier molecular flexibility index (Phi) is 5.32. The van der Waals surface area contributed by atoms with Crippen LogP contribution in [0.5, 0.6) is 5.75 Å². The van der Waals surface area contributed by atoms with Crippen LogP contribution in [0.15, 0.2) is 48.8 Å². The van der Waals surface area contributed by atoms with Crippen LogP contribution in [0, 0.1) is 6.92 Å². The molecular formula is C17H20N2O2. The highest BCUT2D eigenvalue weighted by Gasteiger charge is 2.17. The minimum Gasteiger partial charge on any atom is -0.481 e. The van der Waals surface area contributed by atoms with Crippen molar-refractivity contribution < 1.29 is 9.53 Å². The molecule has 0 unspecified atom stereocenters. The van der Waals surface area contributed by atoms with E-state index < -0.39 is 6.10 Å². The number of hydrogen-bond donors (Lipinski definition) is 1. The van der Waals surface area contributed by atoms with E-state index in [2.05, 4.69) is 10.3 Å². The number of carbonyl (C=O) groups is 1. The van der Waals surface area contributed by atoms with Crippen LogP contribution in [0.2, 0.25) is 0 Å². The second kappa shape index (κ2) is 7.43. The molecule has 1 amide bonds. The second-order valence-corrected chi connectivity index (χ2v) is 4.90. The van der Waals surface area contributed by atoms with Gasteiger partial charge >= 0.3 is 0 Å². The first-order valence-corrected chi connectivity index (χ1v) is 7.09. The van der Waals surface area contributed by atoms with E-state index in [9.17, 15) is 4.79 Å². The molecule has 0 saturated carbocycles. The molecule has 0 radical (unpaired) electrons. The maximum Gasteiger partial charge on any atom is 0.261 e. The molecule has 4 nitrogen and oxygen atoms in total. The van der Waals surface area contributed by atoms with Gasteiger partial charge in [-0.3, -0.25) is 9.78 Å². The summed E-state index contributed by atoms with van der Waals surface area (Å²) in [6.07, 6.45) is 3.56. The van der Waals surface area contributed by atoms with Gasteiger partial charge in [0.05, 0.1) is 0 Å². The van der Waals surface area contributed by atoms with Gasteiger partial charge in [0, 0.05) is 18.9 Å². The topological polar surface area (TPSA) is 51.2 Å². The van der Waals surface area contributed by atoms with Crippen molar-refractivity contribution in [3.63, 3.8) is 0 Å². The number of pyridine rings is 1. The maximum absolute atomic E-state index is 12.2. The second-order valence-electron chi connectivity index (χ2n) is 4.90. The van der Waals surface area contributed by atoms with E-state index in [1.165, 1.54) is 0 Å². The largest absolute Gasteiger partial charge is 0.481 e. The molecule has 110 valence electrons. The third-order valence-corrected chi connectivity index (χ3v) is 3.18. The third kappa shape index (κ3) is 4.60. The van der Waals surface area contributed by atoms with E-state index >= 15 is 0 Å². The van der Waals surface area contributed by atoms with Crippen molar-refractivity contribution in [2.24, 2.45) is 0 Å². The first kappa shape index (κ1) is 15.0. The number of aryl methyl sites for hydroxylation is 1. The van der Waals surface area contributed by atoms with Crippen molar-refractivity contribution in [1.82, 2.24) is 10.3 Å². The molecule has 2 aromatic rings. The normalized spacial score (nSPS) is 11.7. The number of aromatic nitrogens is 1. The van der Waals surface area contributed by atoms with Gasteiger partial charge in [-0.2, -0.15) is 0 Å². The number of ether oxygens (including phenoxy) is 1. The van der Waals surface area contributed by atoms with Crippen molar-refractivity contribution in [2.75, 3.05) is 0 Å². The quantitative estimate of drug-likeness (QED) is 0.887. The van der Waals surface area contributed by atoms with E-state index in [0.717, 1.165) is 11.1 Å². The molecule has 0 aliphatic rings. The average molecular weight is 284 g/mol. The lowest BCUT2D eigenvalue weighted by atomic mass is 10.2. The van der Waals surface area contributed by atoms with Gasteiger partial charge in [-0.15, -0.1) is 0 Å². The van der Waals surface area contributed by atoms with Crippen molar-refractivity contribution in [3.8, 4) is 5.75 Å². The van der Waals surface area contributed by atoms with Crippen LogP contribution < -0.4 is 10.1 Å². The highest BCUT2D eigenvalue weighted by Crippen LogP contribution is 2.14. The molecule has 0 aliphatic heterocycles. The van der Waals surface area contributed by atoms with Gasteiger partial charge in [-0.05, 0) is 43.2 Å². The molecule has 1 atom stereocenters. The van der Waals surface area contributed by atoms with Gasteiger partial charge in [0.25, 0.3) is 5.91 Å². The molecule has 2 rings (SSSR count). The summed E-state index contributed by atoms with van der Waals surface area (Å²) in [6, 6.07) is 11.5. The number of nitrogens with zero attached hydrogens (tertiary/aromatic N) is 1. The van der Waals surface area contributed by atoms with Gasteiger partial charge < -0.3 is 10.1 Å². The van der Waals surface area contributed by atoms with Crippen molar-refractivity contribution in [3.05, 3.63) is 59.9 Å². The summed E-state index contributed by atoms with van der Waals surface area (Å²) in [5, 5.41) is 2.89. The zero-order valence-electron chi connectivity index (χ0n) is 12.4. The Morgan fingerprint density at radius 2 is 1.86 bits per heavy atom. The Hall–Kier alpha value is -2.36. The lowest BCUT2D eigenvalue weighted by Crippen LogP contribution is -2.37. The first-order chi connectivity index (χ1) is 10.2. The molecule has 0 aliphatic carbocycles. The fourth-order valence-electron chi connectivity index (χ4n) is 1.91. The minimum absolute atomic E-state index is 0.102. The standard InChI is InChI=1S/C17H20N2O2/c1-3-16(21-15-6-4-13(2)5-7-15)17(20)19-12-14-8-10-18-11-9-14/h4-11,16H,3,12H2,1-2H3,(H,19,20)/t16-/m1/s1. The molecular weight excluding hydrogens is 264 g/mol.